The van der Waals surface area contributed by atoms with Gasteiger partial charge in [0.1, 0.15) is 5.92 Å². The number of carbonyl (C=O) groups is 3. The number of nitrogens with zero attached hydrogens (tertiary/aromatic N) is 1. The molecule has 1 aromatic rings. The van der Waals surface area contributed by atoms with Crippen molar-refractivity contribution in [3.63, 3.8) is 0 Å². The van der Waals surface area contributed by atoms with Gasteiger partial charge in [-0.1, -0.05) is 6.92 Å². The van der Waals surface area contributed by atoms with E-state index in [0.29, 0.717) is 17.8 Å². The number of ketones is 1. The van der Waals surface area contributed by atoms with Crippen molar-refractivity contribution in [3.05, 3.63) is 50.4 Å². The van der Waals surface area contributed by atoms with Gasteiger partial charge in [-0.25, -0.2) is 4.79 Å². The van der Waals surface area contributed by atoms with Gasteiger partial charge in [0.15, 0.2) is 11.5 Å². The van der Waals surface area contributed by atoms with Crippen LogP contribution in [0.1, 0.15) is 45.6 Å². The first-order valence-corrected chi connectivity index (χ1v) is 11.2. The highest BCUT2D eigenvalue weighted by atomic mass is 16.6. The van der Waals surface area contributed by atoms with E-state index < -0.39 is 45.9 Å². The molecule has 3 rings (SSSR count). The SMILES string of the molecule is CCOC(=O)C1=C(C)NC2=C(C(=O)[C@@H](C(=O)OC)[C@H](C)C2)[C@@H]1c1cc(OCC)c(O)c([N+](=O)[O-])c1. The number of benzene rings is 1. The molecule has 1 heterocycles. The molecule has 2 aliphatic rings. The average molecular weight is 488 g/mol. The summed E-state index contributed by atoms with van der Waals surface area (Å²) < 4.78 is 15.5. The number of allylic oxidation sites excluding steroid dienone is 3. The second kappa shape index (κ2) is 10.2. The van der Waals surface area contributed by atoms with Gasteiger partial charge in [-0.05, 0) is 44.7 Å². The number of dihydropyridines is 1. The normalized spacial score (nSPS) is 21.7. The van der Waals surface area contributed by atoms with E-state index in [1.807, 2.05) is 0 Å². The molecule has 35 heavy (non-hydrogen) atoms. The average Bonchev–Trinajstić information content (AvgIpc) is 2.79. The lowest BCUT2D eigenvalue weighted by molar-refractivity contribution is -0.386. The maximum absolute atomic E-state index is 13.7. The number of methoxy groups -OCH3 is 1. The van der Waals surface area contributed by atoms with E-state index in [0.717, 1.165) is 6.07 Å². The van der Waals surface area contributed by atoms with Gasteiger partial charge in [-0.3, -0.25) is 19.7 Å². The van der Waals surface area contributed by atoms with E-state index in [-0.39, 0.29) is 41.6 Å². The van der Waals surface area contributed by atoms with Crippen LogP contribution in [0.25, 0.3) is 0 Å². The van der Waals surface area contributed by atoms with Crippen LogP contribution in [0.15, 0.2) is 34.7 Å². The molecular formula is C24H28N2O9. The number of carbonyl (C=O) groups excluding carboxylic acids is 3. The van der Waals surface area contributed by atoms with Gasteiger partial charge in [-0.15, -0.1) is 0 Å². The molecule has 11 nitrogen and oxygen atoms in total. The summed E-state index contributed by atoms with van der Waals surface area (Å²) in [5, 5.41) is 25.2. The topological polar surface area (TPSA) is 154 Å². The summed E-state index contributed by atoms with van der Waals surface area (Å²) in [5.41, 5.74) is 0.632. The fourth-order valence-electron chi connectivity index (χ4n) is 4.68. The van der Waals surface area contributed by atoms with Crippen LogP contribution >= 0.6 is 0 Å². The Kier molecular flexibility index (Phi) is 7.47. The minimum absolute atomic E-state index is 0.0595. The summed E-state index contributed by atoms with van der Waals surface area (Å²) in [4.78, 5) is 50.1. The van der Waals surface area contributed by atoms with Crippen molar-refractivity contribution in [3.8, 4) is 11.5 Å². The molecule has 11 heteroatoms. The van der Waals surface area contributed by atoms with Crippen molar-refractivity contribution in [2.24, 2.45) is 11.8 Å². The Bertz CT molecular complexity index is 1150. The molecule has 2 N–H and O–H groups in total. The third kappa shape index (κ3) is 4.58. The number of nitrogens with one attached hydrogen (secondary N) is 1. The number of nitro groups is 1. The van der Waals surface area contributed by atoms with E-state index in [1.54, 1.807) is 27.7 Å². The number of esters is 2. The largest absolute Gasteiger partial charge is 0.500 e. The predicted octanol–water partition coefficient (Wildman–Crippen LogP) is 2.88. The molecule has 0 fully saturated rings. The molecule has 0 saturated heterocycles. The highest BCUT2D eigenvalue weighted by Gasteiger charge is 2.47. The Hall–Kier alpha value is -3.89. The Morgan fingerprint density at radius 1 is 1.26 bits per heavy atom. The van der Waals surface area contributed by atoms with Crippen LogP contribution in [0, 0.1) is 22.0 Å². The van der Waals surface area contributed by atoms with E-state index in [4.69, 9.17) is 14.2 Å². The molecule has 0 spiro atoms. The number of phenolic OH excluding ortho intramolecular Hbond substituents is 1. The number of hydrogen-bond acceptors (Lipinski definition) is 10. The van der Waals surface area contributed by atoms with Crippen molar-refractivity contribution >= 4 is 23.4 Å². The maximum atomic E-state index is 13.7. The van der Waals surface area contributed by atoms with Gasteiger partial charge in [0.05, 0.1) is 30.8 Å². The lowest BCUT2D eigenvalue weighted by atomic mass is 9.69. The molecule has 0 radical (unpaired) electrons. The van der Waals surface area contributed by atoms with Crippen molar-refractivity contribution in [2.45, 2.75) is 40.0 Å². The van der Waals surface area contributed by atoms with E-state index in [2.05, 4.69) is 5.32 Å². The fourth-order valence-corrected chi connectivity index (χ4v) is 4.68. The molecule has 188 valence electrons. The first-order chi connectivity index (χ1) is 16.6. The molecule has 0 aromatic heterocycles. The first-order valence-electron chi connectivity index (χ1n) is 11.2. The van der Waals surface area contributed by atoms with Crippen LogP contribution in [0.5, 0.6) is 11.5 Å². The lowest BCUT2D eigenvalue weighted by Crippen LogP contribution is -2.43. The predicted molar refractivity (Wildman–Crippen MR) is 122 cm³/mol. The molecule has 0 unspecified atom stereocenters. The van der Waals surface area contributed by atoms with Crippen LogP contribution < -0.4 is 10.1 Å². The second-order valence-corrected chi connectivity index (χ2v) is 8.33. The lowest BCUT2D eigenvalue weighted by Gasteiger charge is -2.38. The molecular weight excluding hydrogens is 460 g/mol. The standard InChI is InChI=1S/C24H28N2O9/c1-6-34-16-10-13(9-15(21(16)27)26(31)32)19-18(24(30)35-7-2)12(4)25-14-8-11(3)17(23(29)33-5)22(28)20(14)19/h9-11,17,19,25,27H,6-8H2,1-5H3/t11-,17+,19-/m1/s1. The summed E-state index contributed by atoms with van der Waals surface area (Å²) >= 11 is 0. The number of nitro benzene ring substituents is 1. The first kappa shape index (κ1) is 25.7. The Balaban J connectivity index is 2.32. The minimum atomic E-state index is -1.11. The van der Waals surface area contributed by atoms with E-state index in [9.17, 15) is 29.6 Å². The molecule has 0 amide bonds. The van der Waals surface area contributed by atoms with Crippen molar-refractivity contribution in [1.29, 1.82) is 0 Å². The number of ether oxygens (including phenoxy) is 3. The summed E-state index contributed by atoms with van der Waals surface area (Å²) in [6.45, 7) is 6.83. The third-order valence-electron chi connectivity index (χ3n) is 6.15. The van der Waals surface area contributed by atoms with Crippen LogP contribution in [0.2, 0.25) is 0 Å². The molecule has 3 atom stereocenters. The van der Waals surface area contributed by atoms with Crippen LogP contribution in [0.3, 0.4) is 0 Å². The summed E-state index contributed by atoms with van der Waals surface area (Å²) in [5.74, 6) is -5.40. The second-order valence-electron chi connectivity index (χ2n) is 8.33. The van der Waals surface area contributed by atoms with Gasteiger partial charge in [0.25, 0.3) is 0 Å². The zero-order valence-corrected chi connectivity index (χ0v) is 20.2. The zero-order chi connectivity index (χ0) is 26.0. The van der Waals surface area contributed by atoms with E-state index in [1.165, 1.54) is 13.2 Å². The smallest absolute Gasteiger partial charge is 0.336 e. The van der Waals surface area contributed by atoms with Gasteiger partial charge in [0, 0.05) is 29.0 Å². The number of phenols is 1. The quantitative estimate of drug-likeness (QED) is 0.253. The number of aromatic hydroxyl groups is 1. The summed E-state index contributed by atoms with van der Waals surface area (Å²) in [6, 6.07) is 2.46. The highest BCUT2D eigenvalue weighted by molar-refractivity contribution is 6.12. The third-order valence-corrected chi connectivity index (χ3v) is 6.15. The van der Waals surface area contributed by atoms with Gasteiger partial charge >= 0.3 is 17.6 Å². The van der Waals surface area contributed by atoms with Gasteiger partial charge < -0.3 is 24.6 Å². The zero-order valence-electron chi connectivity index (χ0n) is 20.2. The van der Waals surface area contributed by atoms with Crippen molar-refractivity contribution < 1.29 is 38.6 Å². The highest BCUT2D eigenvalue weighted by Crippen LogP contribution is 2.48. The molecule has 1 aliphatic heterocycles. The molecule has 0 saturated carbocycles. The molecule has 1 aliphatic carbocycles. The van der Waals surface area contributed by atoms with Gasteiger partial charge in [0.2, 0.25) is 5.75 Å². The Labute approximate surface area is 201 Å². The van der Waals surface area contributed by atoms with Crippen molar-refractivity contribution in [2.75, 3.05) is 20.3 Å². The van der Waals surface area contributed by atoms with Crippen molar-refractivity contribution in [1.82, 2.24) is 5.32 Å². The number of hydrogen-bond donors (Lipinski definition) is 2. The number of Topliss-reactive ketones (excluding diaryl/α,β-unsaturated/α-hetero) is 1. The molecule has 1 aromatic carbocycles. The van der Waals surface area contributed by atoms with Crippen LogP contribution in [-0.2, 0) is 23.9 Å². The summed E-state index contributed by atoms with van der Waals surface area (Å²) in [6.07, 6.45) is 0.309. The number of rotatable bonds is 7. The van der Waals surface area contributed by atoms with Gasteiger partial charge in [-0.2, -0.15) is 0 Å². The Morgan fingerprint density at radius 2 is 1.94 bits per heavy atom. The Morgan fingerprint density at radius 3 is 2.51 bits per heavy atom. The van der Waals surface area contributed by atoms with E-state index >= 15 is 0 Å². The molecule has 0 bridgehead atoms. The fraction of sp³-hybridized carbons (Fsp3) is 0.458. The maximum Gasteiger partial charge on any atom is 0.336 e. The minimum Gasteiger partial charge on any atom is -0.500 e. The van der Waals surface area contributed by atoms with Crippen LogP contribution in [0.4, 0.5) is 5.69 Å². The summed E-state index contributed by atoms with van der Waals surface area (Å²) in [7, 11) is 1.19. The monoisotopic (exact) mass is 488 g/mol. The van der Waals surface area contributed by atoms with Crippen LogP contribution in [-0.4, -0.2) is 48.1 Å².